The van der Waals surface area contributed by atoms with Gasteiger partial charge in [0.05, 0.1) is 19.3 Å². The molecule has 2 atom stereocenters. The van der Waals surface area contributed by atoms with Gasteiger partial charge < -0.3 is 20.1 Å². The van der Waals surface area contributed by atoms with Gasteiger partial charge in [-0.25, -0.2) is 13.6 Å². The highest BCUT2D eigenvalue weighted by atomic mass is 19.3. The lowest BCUT2D eigenvalue weighted by Gasteiger charge is -2.29. The van der Waals surface area contributed by atoms with Gasteiger partial charge in [-0.15, -0.1) is 0 Å². The zero-order chi connectivity index (χ0) is 15.5. The topological polar surface area (TPSA) is 74.7 Å². The van der Waals surface area contributed by atoms with Gasteiger partial charge in [0.25, 0.3) is 5.92 Å². The third kappa shape index (κ3) is 3.45. The molecule has 0 spiro atoms. The monoisotopic (exact) mass is 301 g/mol. The van der Waals surface area contributed by atoms with Gasteiger partial charge in [-0.2, -0.15) is 0 Å². The summed E-state index contributed by atoms with van der Waals surface area (Å²) in [5.74, 6) is -3.08. The smallest absolute Gasteiger partial charge is 0.318 e. The largest absolute Gasteiger partial charge is 0.394 e. The molecule has 0 bridgehead atoms. The quantitative estimate of drug-likeness (QED) is 0.862. The summed E-state index contributed by atoms with van der Waals surface area (Å²) in [5, 5.41) is 11.7. The number of nitrogens with zero attached hydrogens (tertiary/aromatic N) is 2. The molecule has 6 nitrogen and oxygen atoms in total. The third-order valence-electron chi connectivity index (χ3n) is 3.44. The van der Waals surface area contributed by atoms with Gasteiger partial charge in [0.1, 0.15) is 12.6 Å². The number of aromatic nitrogens is 1. The molecule has 0 unspecified atom stereocenters. The Balaban J connectivity index is 2.04. The normalized spacial score (nSPS) is 21.8. The van der Waals surface area contributed by atoms with E-state index in [0.717, 1.165) is 0 Å². The Morgan fingerprint density at radius 2 is 2.29 bits per heavy atom. The molecule has 1 aliphatic heterocycles. The molecule has 1 fully saturated rings. The first-order chi connectivity index (χ1) is 9.95. The lowest BCUT2D eigenvalue weighted by Crippen LogP contribution is -2.51. The van der Waals surface area contributed by atoms with E-state index in [1.165, 1.54) is 24.3 Å². The van der Waals surface area contributed by atoms with Gasteiger partial charge in [0.2, 0.25) is 0 Å². The Kier molecular flexibility index (Phi) is 4.69. The number of amides is 2. The Morgan fingerprint density at radius 3 is 2.81 bits per heavy atom. The second-order valence-electron chi connectivity index (χ2n) is 4.87. The number of pyridine rings is 1. The molecule has 2 N–H and O–H groups in total. The maximum absolute atomic E-state index is 13.4. The molecule has 8 heteroatoms. The van der Waals surface area contributed by atoms with Gasteiger partial charge in [-0.1, -0.05) is 0 Å². The van der Waals surface area contributed by atoms with Crippen LogP contribution < -0.4 is 5.32 Å². The molecule has 0 radical (unpaired) electrons. The first kappa shape index (κ1) is 15.6. The summed E-state index contributed by atoms with van der Waals surface area (Å²) in [5.41, 5.74) is 0.666. The summed E-state index contributed by atoms with van der Waals surface area (Å²) >= 11 is 0. The fourth-order valence-corrected chi connectivity index (χ4v) is 2.11. The second-order valence-corrected chi connectivity index (χ2v) is 4.87. The number of carbonyl (C=O) groups is 1. The number of hydrogen-bond acceptors (Lipinski definition) is 4. The standard InChI is InChI=1S/C13H17F2N3O3/c1-18(10(6-19)9-2-4-16-5-3-9)12(20)17-11-7-21-8-13(11,14)15/h2-5,10-11,19H,6-8H2,1H3,(H,17,20)/t10-,11+/m0/s1. The number of nitrogens with one attached hydrogen (secondary N) is 1. The molecule has 21 heavy (non-hydrogen) atoms. The van der Waals surface area contributed by atoms with E-state index in [1.807, 2.05) is 0 Å². The van der Waals surface area contributed by atoms with Gasteiger partial charge in [0, 0.05) is 19.4 Å². The molecule has 2 rings (SSSR count). The number of aliphatic hydroxyl groups excluding tert-OH is 1. The average molecular weight is 301 g/mol. The van der Waals surface area contributed by atoms with E-state index in [-0.39, 0.29) is 13.2 Å². The summed E-state index contributed by atoms with van der Waals surface area (Å²) in [7, 11) is 1.44. The minimum absolute atomic E-state index is 0.231. The summed E-state index contributed by atoms with van der Waals surface area (Å²) in [6, 6.07) is 0.616. The van der Waals surface area contributed by atoms with Crippen LogP contribution in [0.4, 0.5) is 13.6 Å². The predicted molar refractivity (Wildman–Crippen MR) is 69.9 cm³/mol. The molecular weight excluding hydrogens is 284 g/mol. The Morgan fingerprint density at radius 1 is 1.62 bits per heavy atom. The van der Waals surface area contributed by atoms with Crippen LogP contribution in [0.1, 0.15) is 11.6 Å². The van der Waals surface area contributed by atoms with Crippen LogP contribution in [0.5, 0.6) is 0 Å². The van der Waals surface area contributed by atoms with Crippen molar-refractivity contribution in [2.24, 2.45) is 0 Å². The maximum Gasteiger partial charge on any atom is 0.318 e. The van der Waals surface area contributed by atoms with Gasteiger partial charge in [-0.05, 0) is 17.7 Å². The Labute approximate surface area is 120 Å². The molecule has 0 aliphatic carbocycles. The highest BCUT2D eigenvalue weighted by Crippen LogP contribution is 2.26. The molecule has 1 aliphatic rings. The molecule has 2 heterocycles. The Hall–Kier alpha value is -1.80. The number of likely N-dealkylation sites (N-methyl/N-ethyl adjacent to an activating group) is 1. The molecule has 0 aromatic carbocycles. The highest BCUT2D eigenvalue weighted by molar-refractivity contribution is 5.75. The van der Waals surface area contributed by atoms with Crippen molar-refractivity contribution in [1.82, 2.24) is 15.2 Å². The van der Waals surface area contributed by atoms with Crippen LogP contribution in [-0.2, 0) is 4.74 Å². The van der Waals surface area contributed by atoms with E-state index < -0.39 is 30.6 Å². The molecular formula is C13H17F2N3O3. The van der Waals surface area contributed by atoms with Crippen molar-refractivity contribution >= 4 is 6.03 Å². The van der Waals surface area contributed by atoms with E-state index >= 15 is 0 Å². The molecule has 0 saturated carbocycles. The predicted octanol–water partition coefficient (Wildman–Crippen LogP) is 0.790. The van der Waals surface area contributed by atoms with Crippen LogP contribution in [0, 0.1) is 0 Å². The van der Waals surface area contributed by atoms with Crippen molar-refractivity contribution in [3.05, 3.63) is 30.1 Å². The molecule has 1 aromatic heterocycles. The third-order valence-corrected chi connectivity index (χ3v) is 3.44. The first-order valence-corrected chi connectivity index (χ1v) is 6.45. The summed E-state index contributed by atoms with van der Waals surface area (Å²) in [4.78, 5) is 17.1. The van der Waals surface area contributed by atoms with Crippen molar-refractivity contribution in [3.63, 3.8) is 0 Å². The number of rotatable bonds is 4. The van der Waals surface area contributed by atoms with Crippen LogP contribution in [0.3, 0.4) is 0 Å². The zero-order valence-electron chi connectivity index (χ0n) is 11.5. The number of hydrogen-bond donors (Lipinski definition) is 2. The molecule has 116 valence electrons. The van der Waals surface area contributed by atoms with Crippen molar-refractivity contribution in [2.75, 3.05) is 26.9 Å². The number of alkyl halides is 2. The van der Waals surface area contributed by atoms with Crippen LogP contribution in [0.2, 0.25) is 0 Å². The SMILES string of the molecule is CN(C(=O)N[C@@H]1COCC1(F)F)[C@@H](CO)c1ccncc1. The van der Waals surface area contributed by atoms with Crippen molar-refractivity contribution in [3.8, 4) is 0 Å². The van der Waals surface area contributed by atoms with Crippen LogP contribution in [-0.4, -0.2) is 59.9 Å². The molecule has 1 saturated heterocycles. The highest BCUT2D eigenvalue weighted by Gasteiger charge is 2.46. The van der Waals surface area contributed by atoms with Crippen molar-refractivity contribution in [2.45, 2.75) is 18.0 Å². The average Bonchev–Trinajstić information content (AvgIpc) is 2.79. The van der Waals surface area contributed by atoms with Crippen LogP contribution >= 0.6 is 0 Å². The Bertz CT molecular complexity index is 487. The fraction of sp³-hybridized carbons (Fsp3) is 0.538. The number of aliphatic hydroxyl groups is 1. The minimum Gasteiger partial charge on any atom is -0.394 e. The summed E-state index contributed by atoms with van der Waals surface area (Å²) in [6.07, 6.45) is 3.06. The number of ether oxygens (including phenoxy) is 1. The number of halogens is 2. The molecule has 1 aromatic rings. The van der Waals surface area contributed by atoms with E-state index in [9.17, 15) is 18.7 Å². The zero-order valence-corrected chi connectivity index (χ0v) is 11.5. The van der Waals surface area contributed by atoms with E-state index in [1.54, 1.807) is 12.1 Å². The fourth-order valence-electron chi connectivity index (χ4n) is 2.11. The van der Waals surface area contributed by atoms with Crippen LogP contribution in [0.15, 0.2) is 24.5 Å². The van der Waals surface area contributed by atoms with E-state index in [2.05, 4.69) is 15.0 Å². The van der Waals surface area contributed by atoms with E-state index in [4.69, 9.17) is 0 Å². The lowest BCUT2D eigenvalue weighted by atomic mass is 10.1. The summed E-state index contributed by atoms with van der Waals surface area (Å²) < 4.78 is 31.5. The maximum atomic E-state index is 13.4. The summed E-state index contributed by atoms with van der Waals surface area (Å²) in [6.45, 7) is -1.26. The molecule has 2 amide bonds. The minimum atomic E-state index is -3.08. The van der Waals surface area contributed by atoms with E-state index in [0.29, 0.717) is 5.56 Å². The number of carbonyl (C=O) groups excluding carboxylic acids is 1. The van der Waals surface area contributed by atoms with Gasteiger partial charge >= 0.3 is 6.03 Å². The lowest BCUT2D eigenvalue weighted by molar-refractivity contribution is -0.0225. The van der Waals surface area contributed by atoms with Gasteiger partial charge in [0.15, 0.2) is 0 Å². The number of urea groups is 1. The van der Waals surface area contributed by atoms with Crippen LogP contribution in [0.25, 0.3) is 0 Å². The van der Waals surface area contributed by atoms with Gasteiger partial charge in [-0.3, -0.25) is 4.98 Å². The van der Waals surface area contributed by atoms with Crippen molar-refractivity contribution < 1.29 is 23.4 Å². The first-order valence-electron chi connectivity index (χ1n) is 6.45. The van der Waals surface area contributed by atoms with Crippen molar-refractivity contribution in [1.29, 1.82) is 0 Å². The second kappa shape index (κ2) is 6.31.